The topological polar surface area (TPSA) is 40.5 Å². The van der Waals surface area contributed by atoms with Gasteiger partial charge in [-0.3, -0.25) is 0 Å². The summed E-state index contributed by atoms with van der Waals surface area (Å²) in [5.41, 5.74) is 0. The molecule has 0 aliphatic heterocycles. The third-order valence-corrected chi connectivity index (χ3v) is 10.0. The highest BCUT2D eigenvalue weighted by Crippen LogP contribution is 2.28. The summed E-state index contributed by atoms with van der Waals surface area (Å²) in [6.07, 6.45) is 35.6. The molecule has 0 fully saturated rings. The molecule has 250 valence electrons. The summed E-state index contributed by atoms with van der Waals surface area (Å²) < 4.78 is 0. The molecule has 2 nitrogen and oxygen atoms in total. The minimum atomic E-state index is 0.211. The number of thiocarbonyl (C=S) groups is 2. The molecular weight excluding hydrogens is 553 g/mol. The van der Waals surface area contributed by atoms with Gasteiger partial charge in [-0.2, -0.15) is 0 Å². The van der Waals surface area contributed by atoms with Gasteiger partial charge >= 0.3 is 0 Å². The lowest BCUT2D eigenvalue weighted by Crippen LogP contribution is -2.09. The van der Waals surface area contributed by atoms with Crippen LogP contribution in [0.25, 0.3) is 0 Å². The van der Waals surface area contributed by atoms with Gasteiger partial charge in [-0.1, -0.05) is 169 Å². The van der Waals surface area contributed by atoms with Crippen LogP contribution in [0.5, 0.6) is 0 Å². The van der Waals surface area contributed by atoms with E-state index < -0.39 is 0 Å². The van der Waals surface area contributed by atoms with E-state index in [9.17, 15) is 10.2 Å². The van der Waals surface area contributed by atoms with E-state index in [2.05, 4.69) is 27.7 Å². The quantitative estimate of drug-likeness (QED) is 0.0561. The van der Waals surface area contributed by atoms with Crippen LogP contribution in [-0.4, -0.2) is 20.3 Å². The smallest absolute Gasteiger partial charge is 0.156 e. The minimum absolute atomic E-state index is 0.211. The average Bonchev–Trinajstić information content (AvgIpc) is 2.95. The third kappa shape index (κ3) is 27.3. The Kier molecular flexibility index (Phi) is 30.6. The normalized spacial score (nSPS) is 13.2. The Hall–Kier alpha value is -0.220. The molecular formula is C38H74O2S2. The molecule has 0 aliphatic carbocycles. The molecule has 2 unspecified atom stereocenters. The van der Waals surface area contributed by atoms with Crippen molar-refractivity contribution in [3.8, 4) is 0 Å². The van der Waals surface area contributed by atoms with Crippen LogP contribution >= 0.6 is 24.4 Å². The standard InChI is InChI=1S/C38H74O2S2/c1-5-9-21-33(22-10-6-2)27-19-29-35(31-37(39)41)25-17-15-13-14-16-18-26-36(32-38(40)42)30-20-28-34(23-11-7-3)24-12-8-4/h33-36H,5-32H2,1-4H3,(H,39,41)(H,40,42). The monoisotopic (exact) mass is 627 g/mol. The fraction of sp³-hybridized carbons (Fsp3) is 0.947. The van der Waals surface area contributed by atoms with Gasteiger partial charge in [-0.15, -0.1) is 0 Å². The number of unbranched alkanes of at least 4 members (excludes halogenated alkanes) is 9. The van der Waals surface area contributed by atoms with Gasteiger partial charge in [0.2, 0.25) is 0 Å². The lowest BCUT2D eigenvalue weighted by molar-refractivity contribution is 0.341. The molecule has 0 aliphatic rings. The summed E-state index contributed by atoms with van der Waals surface area (Å²) in [6.45, 7) is 9.22. The molecule has 2 atom stereocenters. The fourth-order valence-electron chi connectivity index (χ4n) is 6.99. The van der Waals surface area contributed by atoms with Crippen LogP contribution in [0.15, 0.2) is 0 Å². The van der Waals surface area contributed by atoms with E-state index in [0.29, 0.717) is 11.8 Å². The third-order valence-electron chi connectivity index (χ3n) is 9.71. The Bertz CT molecular complexity index is 540. The largest absolute Gasteiger partial charge is 0.502 e. The van der Waals surface area contributed by atoms with Crippen molar-refractivity contribution in [1.82, 2.24) is 0 Å². The zero-order valence-electron chi connectivity index (χ0n) is 28.8. The highest BCUT2D eigenvalue weighted by atomic mass is 32.1. The predicted octanol–water partition coefficient (Wildman–Crippen LogP) is 14.2. The Morgan fingerprint density at radius 2 is 0.595 bits per heavy atom. The Balaban J connectivity index is 4.27. The van der Waals surface area contributed by atoms with Gasteiger partial charge in [0.15, 0.2) is 10.1 Å². The summed E-state index contributed by atoms with van der Waals surface area (Å²) in [6, 6.07) is 0. The molecule has 0 aromatic rings. The van der Waals surface area contributed by atoms with Gasteiger partial charge in [0.05, 0.1) is 0 Å². The van der Waals surface area contributed by atoms with Crippen LogP contribution in [0.2, 0.25) is 0 Å². The minimum Gasteiger partial charge on any atom is -0.502 e. The van der Waals surface area contributed by atoms with Gasteiger partial charge < -0.3 is 10.2 Å². The van der Waals surface area contributed by atoms with Gasteiger partial charge in [-0.25, -0.2) is 0 Å². The first kappa shape index (κ1) is 41.8. The summed E-state index contributed by atoms with van der Waals surface area (Å²) in [5, 5.41) is 20.1. The van der Waals surface area contributed by atoms with Crippen molar-refractivity contribution >= 4 is 34.5 Å². The molecule has 0 saturated heterocycles. The number of rotatable bonds is 33. The number of hydrogen-bond acceptors (Lipinski definition) is 2. The van der Waals surface area contributed by atoms with Crippen molar-refractivity contribution < 1.29 is 10.2 Å². The maximum absolute atomic E-state index is 9.82. The van der Waals surface area contributed by atoms with Gasteiger partial charge in [0.25, 0.3) is 0 Å². The molecule has 0 rings (SSSR count). The molecule has 4 heteroatoms. The first-order valence-corrected chi connectivity index (χ1v) is 19.6. The van der Waals surface area contributed by atoms with Crippen molar-refractivity contribution in [3.05, 3.63) is 0 Å². The maximum Gasteiger partial charge on any atom is 0.156 e. The first-order valence-electron chi connectivity index (χ1n) is 18.8. The van der Waals surface area contributed by atoms with Crippen molar-refractivity contribution in [1.29, 1.82) is 0 Å². The van der Waals surface area contributed by atoms with E-state index in [4.69, 9.17) is 24.4 Å². The van der Waals surface area contributed by atoms with Crippen LogP contribution in [-0.2, 0) is 0 Å². The van der Waals surface area contributed by atoms with E-state index in [1.807, 2.05) is 0 Å². The molecule has 0 aromatic carbocycles. The number of aliphatic hydroxyl groups is 2. The van der Waals surface area contributed by atoms with E-state index in [-0.39, 0.29) is 10.1 Å². The molecule has 0 bridgehead atoms. The average molecular weight is 627 g/mol. The Labute approximate surface area is 275 Å². The van der Waals surface area contributed by atoms with Gasteiger partial charge in [0.1, 0.15) is 0 Å². The summed E-state index contributed by atoms with van der Waals surface area (Å²) in [4.78, 5) is 0. The molecule has 2 N–H and O–H groups in total. The summed E-state index contributed by atoms with van der Waals surface area (Å²) in [5.74, 6) is 2.92. The van der Waals surface area contributed by atoms with Crippen LogP contribution in [0.4, 0.5) is 0 Å². The van der Waals surface area contributed by atoms with Crippen LogP contribution in [0, 0.1) is 23.7 Å². The highest BCUT2D eigenvalue weighted by molar-refractivity contribution is 7.80. The van der Waals surface area contributed by atoms with Crippen molar-refractivity contribution in [3.63, 3.8) is 0 Å². The Morgan fingerprint density at radius 3 is 0.881 bits per heavy atom. The van der Waals surface area contributed by atoms with E-state index >= 15 is 0 Å². The maximum atomic E-state index is 9.82. The molecule has 0 saturated carbocycles. The second-order valence-electron chi connectivity index (χ2n) is 13.8. The zero-order valence-corrected chi connectivity index (χ0v) is 30.5. The molecule has 0 heterocycles. The number of hydrogen-bond donors (Lipinski definition) is 2. The van der Waals surface area contributed by atoms with E-state index in [1.165, 1.54) is 167 Å². The molecule has 0 aromatic heterocycles. The summed E-state index contributed by atoms with van der Waals surface area (Å²) >= 11 is 10.2. The summed E-state index contributed by atoms with van der Waals surface area (Å²) in [7, 11) is 0. The fourth-order valence-corrected chi connectivity index (χ4v) is 7.46. The highest BCUT2D eigenvalue weighted by Gasteiger charge is 2.15. The second-order valence-corrected chi connectivity index (χ2v) is 14.7. The molecule has 0 radical (unpaired) electrons. The predicted molar refractivity (Wildman–Crippen MR) is 196 cm³/mol. The van der Waals surface area contributed by atoms with E-state index in [0.717, 1.165) is 24.7 Å². The lowest BCUT2D eigenvalue weighted by Gasteiger charge is -2.20. The second kappa shape index (κ2) is 30.8. The lowest BCUT2D eigenvalue weighted by atomic mass is 9.87. The van der Waals surface area contributed by atoms with Crippen molar-refractivity contribution in [2.75, 3.05) is 0 Å². The van der Waals surface area contributed by atoms with E-state index in [1.54, 1.807) is 0 Å². The number of aliphatic hydroxyl groups excluding tert-OH is 2. The molecule has 0 amide bonds. The van der Waals surface area contributed by atoms with Crippen LogP contribution in [0.1, 0.15) is 207 Å². The van der Waals surface area contributed by atoms with Crippen molar-refractivity contribution in [2.45, 2.75) is 207 Å². The van der Waals surface area contributed by atoms with Gasteiger partial charge in [0, 0.05) is 12.8 Å². The molecule has 42 heavy (non-hydrogen) atoms. The van der Waals surface area contributed by atoms with Crippen LogP contribution < -0.4 is 0 Å². The molecule has 0 spiro atoms. The van der Waals surface area contributed by atoms with Crippen LogP contribution in [0.3, 0.4) is 0 Å². The van der Waals surface area contributed by atoms with Crippen molar-refractivity contribution in [2.24, 2.45) is 23.7 Å². The zero-order chi connectivity index (χ0) is 31.3. The van der Waals surface area contributed by atoms with Gasteiger partial charge in [-0.05, 0) is 73.8 Å². The first-order chi connectivity index (χ1) is 20.4. The Morgan fingerprint density at radius 1 is 0.357 bits per heavy atom. The SMILES string of the molecule is CCCCC(CCCC)CCCC(CCCCCCCCC(CCCC(CCCC)CCCC)CC(O)=S)CC(O)=S.